The van der Waals surface area contributed by atoms with Gasteiger partial charge in [-0.25, -0.2) is 4.98 Å². The molecule has 6 nitrogen and oxygen atoms in total. The predicted octanol–water partition coefficient (Wildman–Crippen LogP) is 6.02. The molecule has 3 aliphatic rings. The van der Waals surface area contributed by atoms with Crippen molar-refractivity contribution in [2.75, 3.05) is 13.1 Å². The predicted molar refractivity (Wildman–Crippen MR) is 163 cm³/mol. The van der Waals surface area contributed by atoms with Crippen LogP contribution in [-0.4, -0.2) is 44.2 Å². The minimum absolute atomic E-state index is 0.155. The van der Waals surface area contributed by atoms with E-state index in [1.165, 1.54) is 45.4 Å². The monoisotopic (exact) mass is 586 g/mol. The number of fused-ring (bicyclic) bond motifs is 2. The van der Waals surface area contributed by atoms with Crippen LogP contribution in [0.4, 0.5) is 0 Å². The van der Waals surface area contributed by atoms with E-state index in [4.69, 9.17) is 11.6 Å². The molecule has 211 valence electrons. The summed E-state index contributed by atoms with van der Waals surface area (Å²) in [4.78, 5) is 34.2. The number of thiophene rings is 1. The molecular weight excluding hydrogens is 554 g/mol. The molecular formula is C33H33ClN3O3S. The molecule has 4 aromatic rings. The van der Waals surface area contributed by atoms with Gasteiger partial charge in [-0.05, 0) is 85.6 Å². The van der Waals surface area contributed by atoms with E-state index < -0.39 is 5.60 Å². The second-order valence-electron chi connectivity index (χ2n) is 12.0. The first-order valence-corrected chi connectivity index (χ1v) is 15.8. The largest absolute Gasteiger partial charge is 0.388 e. The van der Waals surface area contributed by atoms with Gasteiger partial charge in [0.2, 0.25) is 5.91 Å². The van der Waals surface area contributed by atoms with Crippen molar-refractivity contribution in [3.8, 4) is 10.4 Å². The third-order valence-corrected chi connectivity index (χ3v) is 10.5. The fourth-order valence-electron chi connectivity index (χ4n) is 6.59. The second kappa shape index (κ2) is 10.7. The Labute approximate surface area is 248 Å². The van der Waals surface area contributed by atoms with Crippen LogP contribution in [0, 0.1) is 12.3 Å². The Kier molecular flexibility index (Phi) is 7.00. The van der Waals surface area contributed by atoms with E-state index in [-0.39, 0.29) is 23.9 Å². The second-order valence-corrected chi connectivity index (χ2v) is 13.3. The van der Waals surface area contributed by atoms with Gasteiger partial charge in [-0.15, -0.1) is 11.3 Å². The van der Waals surface area contributed by atoms with Gasteiger partial charge in [0.15, 0.2) is 0 Å². The molecule has 1 radical (unpaired) electrons. The summed E-state index contributed by atoms with van der Waals surface area (Å²) in [6, 6.07) is 14.5. The van der Waals surface area contributed by atoms with Crippen LogP contribution in [0.2, 0.25) is 5.02 Å². The number of aromatic nitrogens is 2. The topological polar surface area (TPSA) is 75.4 Å². The summed E-state index contributed by atoms with van der Waals surface area (Å²) < 4.78 is 1.52. The zero-order valence-corrected chi connectivity index (χ0v) is 24.5. The quantitative estimate of drug-likeness (QED) is 0.287. The molecule has 2 aromatic carbocycles. The standard InChI is InChI=1S/C33H33ClN3O3S/c34-28-16-24-8-4-7-23(24)15-26(28)31-30-27(18-41-31)32(39)37(20-35-30)19-33(40)11-13-36(14-12-33)29(38)17-25(22-9-10-22)21-5-2-1-3-6-21/h1-6,15-16,18,20,22,25,40H,7-14,17,19H2. The highest BCUT2D eigenvalue weighted by molar-refractivity contribution is 7.15. The zero-order chi connectivity index (χ0) is 28.1. The molecule has 8 heteroatoms. The summed E-state index contributed by atoms with van der Waals surface area (Å²) >= 11 is 8.13. The Balaban J connectivity index is 1.04. The number of likely N-dealkylation sites (tertiary alicyclic amines) is 1. The van der Waals surface area contributed by atoms with E-state index in [0.717, 1.165) is 23.3 Å². The van der Waals surface area contributed by atoms with E-state index in [9.17, 15) is 14.7 Å². The first-order valence-electron chi connectivity index (χ1n) is 14.5. The van der Waals surface area contributed by atoms with Gasteiger partial charge in [-0.2, -0.15) is 0 Å². The molecule has 3 heterocycles. The minimum atomic E-state index is -1.07. The molecule has 1 saturated carbocycles. The Morgan fingerprint density at radius 1 is 1.12 bits per heavy atom. The van der Waals surface area contributed by atoms with E-state index in [0.29, 0.717) is 54.2 Å². The molecule has 1 N–H and O–H groups in total. The van der Waals surface area contributed by atoms with Crippen LogP contribution >= 0.6 is 22.9 Å². The lowest BCUT2D eigenvalue weighted by molar-refractivity contribution is -0.136. The van der Waals surface area contributed by atoms with Crippen molar-refractivity contribution in [1.29, 1.82) is 0 Å². The van der Waals surface area contributed by atoms with Crippen LogP contribution in [0.25, 0.3) is 21.3 Å². The van der Waals surface area contributed by atoms with Crippen molar-refractivity contribution in [2.45, 2.75) is 63.0 Å². The van der Waals surface area contributed by atoms with Gasteiger partial charge in [0.25, 0.3) is 5.56 Å². The zero-order valence-electron chi connectivity index (χ0n) is 22.9. The van der Waals surface area contributed by atoms with Crippen LogP contribution in [0.3, 0.4) is 0 Å². The lowest BCUT2D eigenvalue weighted by Crippen LogP contribution is -2.49. The van der Waals surface area contributed by atoms with Crippen LogP contribution < -0.4 is 5.56 Å². The number of rotatable bonds is 7. The summed E-state index contributed by atoms with van der Waals surface area (Å²) in [5.41, 5.74) is 4.11. The van der Waals surface area contributed by atoms with Gasteiger partial charge < -0.3 is 10.0 Å². The van der Waals surface area contributed by atoms with Gasteiger partial charge >= 0.3 is 0 Å². The van der Waals surface area contributed by atoms with Gasteiger partial charge in [-0.3, -0.25) is 14.2 Å². The first-order chi connectivity index (χ1) is 19.9. The summed E-state index contributed by atoms with van der Waals surface area (Å²) in [7, 11) is 0. The third-order valence-electron chi connectivity index (χ3n) is 9.17. The van der Waals surface area contributed by atoms with Crippen LogP contribution in [-0.2, 0) is 24.2 Å². The average Bonchev–Trinajstić information content (AvgIpc) is 3.56. The van der Waals surface area contributed by atoms with E-state index >= 15 is 0 Å². The van der Waals surface area contributed by atoms with Crippen molar-refractivity contribution >= 4 is 39.7 Å². The van der Waals surface area contributed by atoms with Gasteiger partial charge in [0, 0.05) is 35.5 Å². The lowest BCUT2D eigenvalue weighted by atomic mass is 9.88. The number of piperidine rings is 1. The summed E-state index contributed by atoms with van der Waals surface area (Å²) in [6.07, 6.45) is 9.40. The smallest absolute Gasteiger partial charge is 0.262 e. The Hall–Kier alpha value is -3.00. The van der Waals surface area contributed by atoms with Crippen molar-refractivity contribution < 1.29 is 9.90 Å². The van der Waals surface area contributed by atoms with Gasteiger partial charge in [-0.1, -0.05) is 41.9 Å². The summed E-state index contributed by atoms with van der Waals surface area (Å²) in [5, 5.41) is 14.5. The molecule has 2 fully saturated rings. The number of hydrogen-bond acceptors (Lipinski definition) is 5. The number of hydrogen-bond donors (Lipinski definition) is 1. The number of halogens is 1. The summed E-state index contributed by atoms with van der Waals surface area (Å²) in [5.74, 6) is 1.01. The normalized spacial score (nSPS) is 18.9. The molecule has 1 amide bonds. The fraction of sp³-hybridized carbons (Fsp3) is 0.394. The highest BCUT2D eigenvalue weighted by Gasteiger charge is 2.38. The lowest BCUT2D eigenvalue weighted by Gasteiger charge is -2.39. The molecule has 2 aliphatic carbocycles. The van der Waals surface area contributed by atoms with Crippen LogP contribution in [0.5, 0.6) is 0 Å². The van der Waals surface area contributed by atoms with Crippen molar-refractivity contribution in [3.05, 3.63) is 92.7 Å². The Bertz CT molecular complexity index is 1670. The molecule has 1 unspecified atom stereocenters. The van der Waals surface area contributed by atoms with E-state index in [1.807, 2.05) is 34.5 Å². The molecule has 2 aromatic heterocycles. The summed E-state index contributed by atoms with van der Waals surface area (Å²) in [6.45, 7) is 1.14. The number of amides is 1. The molecule has 1 atom stereocenters. The van der Waals surface area contributed by atoms with Crippen LogP contribution in [0.1, 0.15) is 54.7 Å². The fourth-order valence-corrected chi connectivity index (χ4v) is 7.94. The van der Waals surface area contributed by atoms with Gasteiger partial charge in [0.05, 0.1) is 34.3 Å². The maximum absolute atomic E-state index is 13.5. The average molecular weight is 587 g/mol. The van der Waals surface area contributed by atoms with E-state index in [1.54, 1.807) is 6.33 Å². The molecule has 1 aliphatic heterocycles. The van der Waals surface area contributed by atoms with Crippen molar-refractivity contribution in [2.24, 2.45) is 5.92 Å². The maximum Gasteiger partial charge on any atom is 0.262 e. The number of benzene rings is 2. The number of carbonyl (C=O) groups is 1. The molecule has 0 spiro atoms. The first kappa shape index (κ1) is 26.9. The highest BCUT2D eigenvalue weighted by atomic mass is 35.5. The minimum Gasteiger partial charge on any atom is -0.388 e. The highest BCUT2D eigenvalue weighted by Crippen LogP contribution is 2.45. The van der Waals surface area contributed by atoms with Gasteiger partial charge in [0.1, 0.15) is 0 Å². The number of aliphatic hydroxyl groups is 1. The van der Waals surface area contributed by atoms with Crippen molar-refractivity contribution in [3.63, 3.8) is 0 Å². The number of nitrogens with zero attached hydrogens (tertiary/aromatic N) is 3. The SMILES string of the molecule is O=C(CC(c1ccccc1)C1CC1)N1CCC(O)(Cn2cnc3c(-c4cc5c(cc4Cl)C[CH]C5)scc3c2=O)CC1. The number of carbonyl (C=O) groups excluding carboxylic acids is 1. The van der Waals surface area contributed by atoms with Crippen LogP contribution in [0.15, 0.2) is 59.0 Å². The molecule has 1 saturated heterocycles. The van der Waals surface area contributed by atoms with Crippen molar-refractivity contribution in [1.82, 2.24) is 14.5 Å². The third kappa shape index (κ3) is 5.24. The molecule has 0 bridgehead atoms. The Morgan fingerprint density at radius 2 is 1.85 bits per heavy atom. The van der Waals surface area contributed by atoms with E-state index in [2.05, 4.69) is 29.6 Å². The Morgan fingerprint density at radius 3 is 2.59 bits per heavy atom. The molecule has 7 rings (SSSR count). The maximum atomic E-state index is 13.5. The molecule has 41 heavy (non-hydrogen) atoms.